The first kappa shape index (κ1) is 11.8. The molecule has 0 bridgehead atoms. The molecule has 0 aliphatic rings. The summed E-state index contributed by atoms with van der Waals surface area (Å²) in [5.41, 5.74) is 6.56. The van der Waals surface area contributed by atoms with Crippen LogP contribution in [0.15, 0.2) is 6.07 Å². The molecule has 1 aromatic rings. The molecular weight excluding hydrogens is 188 g/mol. The molecule has 0 fully saturated rings. The Bertz CT molecular complexity index is 311. The fraction of sp³-hybridized carbons (Fsp3) is 0.636. The summed E-state index contributed by atoms with van der Waals surface area (Å²) in [4.78, 5) is 8.21. The van der Waals surface area contributed by atoms with Gasteiger partial charge in [0.05, 0.1) is 0 Å². The molecule has 0 unspecified atom stereocenters. The van der Waals surface area contributed by atoms with Crippen LogP contribution in [0.4, 0.5) is 11.8 Å². The third-order valence-corrected chi connectivity index (χ3v) is 2.86. The number of nitrogen functional groups attached to an aromatic ring is 1. The molecular formula is C11H20N4. The second-order valence-corrected chi connectivity index (χ2v) is 4.15. The van der Waals surface area contributed by atoms with Gasteiger partial charge >= 0.3 is 0 Å². The smallest absolute Gasteiger partial charge is 0.222 e. The van der Waals surface area contributed by atoms with Crippen LogP contribution >= 0.6 is 0 Å². The molecule has 15 heavy (non-hydrogen) atoms. The summed E-state index contributed by atoms with van der Waals surface area (Å²) in [5.74, 6) is 1.14. The van der Waals surface area contributed by atoms with Crippen LogP contribution < -0.4 is 11.1 Å². The van der Waals surface area contributed by atoms with Gasteiger partial charge in [0.2, 0.25) is 5.95 Å². The van der Waals surface area contributed by atoms with Crippen molar-refractivity contribution in [3.8, 4) is 0 Å². The van der Waals surface area contributed by atoms with E-state index in [9.17, 15) is 0 Å². The Kier molecular flexibility index (Phi) is 3.50. The van der Waals surface area contributed by atoms with Crippen LogP contribution in [-0.2, 0) is 0 Å². The zero-order valence-electron chi connectivity index (χ0n) is 9.96. The van der Waals surface area contributed by atoms with Crippen molar-refractivity contribution < 1.29 is 0 Å². The van der Waals surface area contributed by atoms with Gasteiger partial charge in [0.25, 0.3) is 0 Å². The Morgan fingerprint density at radius 1 is 1.33 bits per heavy atom. The monoisotopic (exact) mass is 208 g/mol. The molecule has 0 saturated carbocycles. The van der Waals surface area contributed by atoms with Gasteiger partial charge in [-0.2, -0.15) is 4.98 Å². The van der Waals surface area contributed by atoms with Crippen LogP contribution in [0.5, 0.6) is 0 Å². The van der Waals surface area contributed by atoms with Gasteiger partial charge in [-0.3, -0.25) is 0 Å². The van der Waals surface area contributed by atoms with Crippen molar-refractivity contribution in [3.63, 3.8) is 0 Å². The van der Waals surface area contributed by atoms with Gasteiger partial charge in [-0.05, 0) is 26.7 Å². The number of anilines is 2. The first-order valence-electron chi connectivity index (χ1n) is 5.38. The topological polar surface area (TPSA) is 63.8 Å². The highest BCUT2D eigenvalue weighted by Crippen LogP contribution is 2.20. The van der Waals surface area contributed by atoms with E-state index in [1.165, 1.54) is 0 Å². The average Bonchev–Trinajstić information content (AvgIpc) is 2.16. The van der Waals surface area contributed by atoms with E-state index in [0.29, 0.717) is 5.95 Å². The zero-order valence-corrected chi connectivity index (χ0v) is 9.96. The van der Waals surface area contributed by atoms with E-state index < -0.39 is 0 Å². The van der Waals surface area contributed by atoms with Crippen molar-refractivity contribution in [2.24, 2.45) is 0 Å². The van der Waals surface area contributed by atoms with Crippen LogP contribution in [0.1, 0.15) is 39.3 Å². The normalized spacial score (nSPS) is 11.5. The van der Waals surface area contributed by atoms with Crippen molar-refractivity contribution in [2.45, 2.75) is 46.1 Å². The molecule has 1 aromatic heterocycles. The molecule has 84 valence electrons. The van der Waals surface area contributed by atoms with Crippen molar-refractivity contribution >= 4 is 11.8 Å². The minimum atomic E-state index is 0.0766. The van der Waals surface area contributed by atoms with E-state index in [2.05, 4.69) is 36.1 Å². The number of aromatic nitrogens is 2. The summed E-state index contributed by atoms with van der Waals surface area (Å²) in [6.45, 7) is 8.42. The molecule has 0 aromatic carbocycles. The highest BCUT2D eigenvalue weighted by molar-refractivity contribution is 5.42. The lowest BCUT2D eigenvalue weighted by molar-refractivity contribution is 0.476. The van der Waals surface area contributed by atoms with Crippen molar-refractivity contribution in [3.05, 3.63) is 11.8 Å². The highest BCUT2D eigenvalue weighted by Gasteiger charge is 2.19. The summed E-state index contributed by atoms with van der Waals surface area (Å²) in [7, 11) is 0. The third kappa shape index (κ3) is 3.08. The van der Waals surface area contributed by atoms with Crippen LogP contribution in [-0.4, -0.2) is 15.5 Å². The lowest BCUT2D eigenvalue weighted by atomic mass is 9.96. The predicted molar refractivity (Wildman–Crippen MR) is 63.8 cm³/mol. The molecule has 1 heterocycles. The maximum atomic E-state index is 5.60. The van der Waals surface area contributed by atoms with Gasteiger partial charge in [-0.25, -0.2) is 4.98 Å². The Morgan fingerprint density at radius 3 is 2.40 bits per heavy atom. The molecule has 0 amide bonds. The molecule has 1 rings (SSSR count). The SMILES string of the molecule is CCC(C)(CC)Nc1cc(C)nc(N)n1. The summed E-state index contributed by atoms with van der Waals surface area (Å²) in [6, 6.07) is 1.92. The first-order chi connectivity index (χ1) is 6.99. The minimum absolute atomic E-state index is 0.0766. The molecule has 0 atom stereocenters. The quantitative estimate of drug-likeness (QED) is 0.797. The van der Waals surface area contributed by atoms with E-state index >= 15 is 0 Å². The van der Waals surface area contributed by atoms with Crippen molar-refractivity contribution in [1.29, 1.82) is 0 Å². The molecule has 0 spiro atoms. The van der Waals surface area contributed by atoms with E-state index in [1.54, 1.807) is 0 Å². The molecule has 0 aliphatic heterocycles. The fourth-order valence-corrected chi connectivity index (χ4v) is 1.39. The van der Waals surface area contributed by atoms with E-state index in [1.807, 2.05) is 13.0 Å². The Labute approximate surface area is 91.3 Å². The summed E-state index contributed by atoms with van der Waals surface area (Å²) in [6.07, 6.45) is 2.10. The van der Waals surface area contributed by atoms with Gasteiger partial charge in [0.15, 0.2) is 0 Å². The average molecular weight is 208 g/mol. The minimum Gasteiger partial charge on any atom is -0.368 e. The molecule has 0 radical (unpaired) electrons. The standard InChI is InChI=1S/C11H20N4/c1-5-11(4,6-2)15-9-7-8(3)13-10(12)14-9/h7H,5-6H2,1-4H3,(H3,12,13,14,15). The molecule has 4 heteroatoms. The Hall–Kier alpha value is -1.32. The van der Waals surface area contributed by atoms with Gasteiger partial charge in [-0.1, -0.05) is 13.8 Å². The third-order valence-electron chi connectivity index (χ3n) is 2.86. The lowest BCUT2D eigenvalue weighted by Gasteiger charge is -2.28. The van der Waals surface area contributed by atoms with Gasteiger partial charge in [-0.15, -0.1) is 0 Å². The van der Waals surface area contributed by atoms with Crippen LogP contribution in [0.2, 0.25) is 0 Å². The van der Waals surface area contributed by atoms with Gasteiger partial charge in [0, 0.05) is 17.3 Å². The second-order valence-electron chi connectivity index (χ2n) is 4.15. The van der Waals surface area contributed by atoms with Crippen LogP contribution in [0.3, 0.4) is 0 Å². The van der Waals surface area contributed by atoms with Crippen molar-refractivity contribution in [2.75, 3.05) is 11.1 Å². The number of aryl methyl sites for hydroxylation is 1. The maximum Gasteiger partial charge on any atom is 0.222 e. The number of nitrogens with two attached hydrogens (primary N) is 1. The zero-order chi connectivity index (χ0) is 11.5. The second kappa shape index (κ2) is 4.47. The summed E-state index contributed by atoms with van der Waals surface area (Å²) < 4.78 is 0. The number of nitrogens with zero attached hydrogens (tertiary/aromatic N) is 2. The first-order valence-corrected chi connectivity index (χ1v) is 5.38. The number of rotatable bonds is 4. The number of hydrogen-bond donors (Lipinski definition) is 2. The van der Waals surface area contributed by atoms with Gasteiger partial charge in [0.1, 0.15) is 5.82 Å². The number of nitrogens with one attached hydrogen (secondary N) is 1. The molecule has 0 saturated heterocycles. The number of hydrogen-bond acceptors (Lipinski definition) is 4. The van der Waals surface area contributed by atoms with E-state index in [4.69, 9.17) is 5.73 Å². The molecule has 4 nitrogen and oxygen atoms in total. The van der Waals surface area contributed by atoms with E-state index in [-0.39, 0.29) is 5.54 Å². The molecule has 3 N–H and O–H groups in total. The largest absolute Gasteiger partial charge is 0.368 e. The molecule has 0 aliphatic carbocycles. The predicted octanol–water partition coefficient (Wildman–Crippen LogP) is 2.36. The van der Waals surface area contributed by atoms with E-state index in [0.717, 1.165) is 24.4 Å². The summed E-state index contributed by atoms with van der Waals surface area (Å²) >= 11 is 0. The Morgan fingerprint density at radius 2 is 1.93 bits per heavy atom. The Balaban J connectivity index is 2.88. The van der Waals surface area contributed by atoms with Crippen molar-refractivity contribution in [1.82, 2.24) is 9.97 Å². The van der Waals surface area contributed by atoms with Crippen LogP contribution in [0.25, 0.3) is 0 Å². The lowest BCUT2D eigenvalue weighted by Crippen LogP contribution is -2.33. The summed E-state index contributed by atoms with van der Waals surface area (Å²) in [5, 5.41) is 3.41. The maximum absolute atomic E-state index is 5.60. The fourth-order valence-electron chi connectivity index (χ4n) is 1.39. The van der Waals surface area contributed by atoms with Crippen LogP contribution in [0, 0.1) is 6.92 Å². The highest BCUT2D eigenvalue weighted by atomic mass is 15.1. The van der Waals surface area contributed by atoms with Gasteiger partial charge < -0.3 is 11.1 Å².